The monoisotopic (exact) mass is 627 g/mol. The molecule has 2 amide bonds. The predicted octanol–water partition coefficient (Wildman–Crippen LogP) is 4.52. The first-order chi connectivity index (χ1) is 19.0. The van der Waals surface area contributed by atoms with Crippen molar-refractivity contribution in [1.82, 2.24) is 20.2 Å². The maximum Gasteiger partial charge on any atom is 0.417 e. The summed E-state index contributed by atoms with van der Waals surface area (Å²) < 4.78 is 105. The Labute approximate surface area is 235 Å². The number of thiazole rings is 1. The number of anilines is 1. The van der Waals surface area contributed by atoms with Gasteiger partial charge in [0.15, 0.2) is 5.01 Å². The van der Waals surface area contributed by atoms with E-state index in [-0.39, 0.29) is 40.3 Å². The van der Waals surface area contributed by atoms with Crippen molar-refractivity contribution in [2.24, 2.45) is 0 Å². The number of carbonyl (C=O) groups is 2. The summed E-state index contributed by atoms with van der Waals surface area (Å²) in [6.45, 7) is 2.83. The highest BCUT2D eigenvalue weighted by molar-refractivity contribution is 7.91. The third-order valence-corrected chi connectivity index (χ3v) is 9.84. The minimum Gasteiger partial charge on any atom is -0.359 e. The van der Waals surface area contributed by atoms with Crippen molar-refractivity contribution in [1.29, 1.82) is 0 Å². The lowest BCUT2D eigenvalue weighted by Gasteiger charge is -2.22. The molecule has 2 saturated heterocycles. The van der Waals surface area contributed by atoms with Crippen LogP contribution in [0.4, 0.5) is 32.2 Å². The number of pyridine rings is 1. The summed E-state index contributed by atoms with van der Waals surface area (Å²) in [6.07, 6.45) is -7.47. The van der Waals surface area contributed by atoms with Crippen LogP contribution in [0.5, 0.6) is 0 Å². The first kappa shape index (κ1) is 31.0. The maximum atomic E-state index is 14.2. The number of nitrogens with one attached hydrogen (secondary N) is 2. The van der Waals surface area contributed by atoms with Gasteiger partial charge in [-0.1, -0.05) is 0 Å². The van der Waals surface area contributed by atoms with E-state index in [1.807, 2.05) is 5.32 Å². The lowest BCUT2D eigenvalue weighted by atomic mass is 10.1. The van der Waals surface area contributed by atoms with Crippen molar-refractivity contribution in [2.45, 2.75) is 70.0 Å². The number of halogens is 6. The first-order valence-corrected chi connectivity index (χ1v) is 15.3. The first-order valence-electron chi connectivity index (χ1n) is 12.7. The van der Waals surface area contributed by atoms with Crippen LogP contribution in [0.15, 0.2) is 12.3 Å². The van der Waals surface area contributed by atoms with E-state index in [1.54, 1.807) is 6.92 Å². The van der Waals surface area contributed by atoms with Gasteiger partial charge in [-0.25, -0.2) is 18.4 Å². The number of likely N-dealkylation sites (tertiary alicyclic amines) is 1. The number of sulfone groups is 1. The van der Waals surface area contributed by atoms with Crippen LogP contribution in [0.3, 0.4) is 0 Å². The zero-order valence-corrected chi connectivity index (χ0v) is 23.5. The summed E-state index contributed by atoms with van der Waals surface area (Å²) in [5.41, 5.74) is -2.38. The van der Waals surface area contributed by atoms with Crippen LogP contribution >= 0.6 is 11.3 Å². The smallest absolute Gasteiger partial charge is 0.359 e. The Kier molecular flexibility index (Phi) is 8.60. The summed E-state index contributed by atoms with van der Waals surface area (Å²) in [4.78, 5) is 35.5. The molecule has 2 aliphatic rings. The Morgan fingerprint density at radius 1 is 1.12 bits per heavy atom. The van der Waals surface area contributed by atoms with Crippen molar-refractivity contribution in [3.63, 3.8) is 0 Å². The van der Waals surface area contributed by atoms with Gasteiger partial charge < -0.3 is 15.5 Å². The molecule has 2 aliphatic heterocycles. The molecule has 0 aromatic carbocycles. The highest BCUT2D eigenvalue weighted by atomic mass is 32.2. The van der Waals surface area contributed by atoms with E-state index >= 15 is 0 Å². The molecule has 17 heteroatoms. The Bertz CT molecular complexity index is 1410. The molecule has 0 saturated carbocycles. The molecule has 226 valence electrons. The van der Waals surface area contributed by atoms with Gasteiger partial charge in [-0.2, -0.15) is 26.3 Å². The number of carbonyl (C=O) groups excluding carboxylic acids is 2. The summed E-state index contributed by atoms with van der Waals surface area (Å²) in [5.74, 6) is -2.42. The second kappa shape index (κ2) is 11.4. The fraction of sp³-hybridized carbons (Fsp3) is 0.583. The van der Waals surface area contributed by atoms with Crippen molar-refractivity contribution >= 4 is 38.8 Å². The number of hydrogen-bond donors (Lipinski definition) is 2. The molecule has 2 atom stereocenters. The van der Waals surface area contributed by atoms with Gasteiger partial charge >= 0.3 is 12.4 Å². The van der Waals surface area contributed by atoms with E-state index in [0.29, 0.717) is 43.0 Å². The Morgan fingerprint density at radius 3 is 2.34 bits per heavy atom. The molecule has 0 aliphatic carbocycles. The standard InChI is InChI=1S/C24H27F6N5O4S2/c1-12-4-3-7-35(12)22(37)18-19(40-21(34-18)20(36)33-14-5-8-41(38,39)9-6-14)15-11-31-17(10-16(15)24(28,29)30)32-13(2)23(25,26)27/h10-14H,3-9H2,1-2H3,(H,31,32)(H,33,36)/t12-,13-/m0/s1. The Hall–Kier alpha value is -2.95. The Morgan fingerprint density at radius 2 is 1.78 bits per heavy atom. The van der Waals surface area contributed by atoms with Gasteiger partial charge in [0.2, 0.25) is 0 Å². The molecular weight excluding hydrogens is 600 g/mol. The maximum absolute atomic E-state index is 14.2. The average Bonchev–Trinajstić information content (AvgIpc) is 3.50. The molecule has 4 heterocycles. The summed E-state index contributed by atoms with van der Waals surface area (Å²) in [7, 11) is -3.21. The van der Waals surface area contributed by atoms with Crippen LogP contribution < -0.4 is 10.6 Å². The van der Waals surface area contributed by atoms with E-state index in [9.17, 15) is 44.3 Å². The Balaban J connectivity index is 1.75. The molecule has 2 fully saturated rings. The summed E-state index contributed by atoms with van der Waals surface area (Å²) in [6, 6.07) is -2.51. The van der Waals surface area contributed by atoms with Crippen LogP contribution in [0.1, 0.15) is 65.4 Å². The summed E-state index contributed by atoms with van der Waals surface area (Å²) in [5, 5.41) is 4.23. The molecule has 0 bridgehead atoms. The second-order valence-electron chi connectivity index (χ2n) is 10.1. The van der Waals surface area contributed by atoms with Gasteiger partial charge in [-0.15, -0.1) is 11.3 Å². The zero-order chi connectivity index (χ0) is 30.3. The number of alkyl halides is 6. The van der Waals surface area contributed by atoms with Crippen LogP contribution in [-0.4, -0.2) is 77.5 Å². The van der Waals surface area contributed by atoms with E-state index in [4.69, 9.17) is 0 Å². The molecule has 4 rings (SSSR count). The van der Waals surface area contributed by atoms with Crippen LogP contribution in [-0.2, 0) is 16.0 Å². The minimum absolute atomic E-state index is 0.133. The molecule has 0 unspecified atom stereocenters. The second-order valence-corrected chi connectivity index (χ2v) is 13.4. The minimum atomic E-state index is -5.06. The van der Waals surface area contributed by atoms with E-state index in [0.717, 1.165) is 6.92 Å². The number of nitrogens with zero attached hydrogens (tertiary/aromatic N) is 3. The quantitative estimate of drug-likeness (QED) is 0.452. The molecule has 2 aromatic heterocycles. The lowest BCUT2D eigenvalue weighted by Crippen LogP contribution is -2.40. The lowest BCUT2D eigenvalue weighted by molar-refractivity contribution is -0.138. The van der Waals surface area contributed by atoms with Crippen molar-refractivity contribution in [3.05, 3.63) is 28.5 Å². The number of hydrogen-bond acceptors (Lipinski definition) is 8. The van der Waals surface area contributed by atoms with Crippen LogP contribution in [0.2, 0.25) is 0 Å². The van der Waals surface area contributed by atoms with Crippen LogP contribution in [0.25, 0.3) is 10.4 Å². The predicted molar refractivity (Wildman–Crippen MR) is 138 cm³/mol. The molecule has 41 heavy (non-hydrogen) atoms. The van der Waals surface area contributed by atoms with Gasteiger partial charge in [0.05, 0.1) is 21.9 Å². The molecule has 2 aromatic rings. The van der Waals surface area contributed by atoms with Gasteiger partial charge in [-0.3, -0.25) is 9.59 Å². The SMILES string of the molecule is C[C@H](Nc1cc(C(F)(F)F)c(-c2sc(C(=O)NC3CCS(=O)(=O)CC3)nc2C(=O)N2CCC[C@@H]2C)cn1)C(F)(F)F. The zero-order valence-electron chi connectivity index (χ0n) is 21.9. The van der Waals surface area contributed by atoms with Gasteiger partial charge in [0.1, 0.15) is 27.4 Å². The molecular formula is C24H27F6N5O4S2. The normalized spacial score (nSPS) is 20.6. The topological polar surface area (TPSA) is 121 Å². The van der Waals surface area contributed by atoms with Crippen LogP contribution in [0, 0.1) is 0 Å². The third-order valence-electron chi connectivity index (χ3n) is 7.04. The average molecular weight is 628 g/mol. The van der Waals surface area contributed by atoms with E-state index in [2.05, 4.69) is 15.3 Å². The molecule has 0 spiro atoms. The largest absolute Gasteiger partial charge is 0.417 e. The van der Waals surface area contributed by atoms with Crippen molar-refractivity contribution < 1.29 is 44.3 Å². The van der Waals surface area contributed by atoms with Gasteiger partial charge in [0, 0.05) is 30.4 Å². The highest BCUT2D eigenvalue weighted by Gasteiger charge is 2.40. The number of rotatable bonds is 6. The van der Waals surface area contributed by atoms with Crippen molar-refractivity contribution in [2.75, 3.05) is 23.4 Å². The molecule has 0 radical (unpaired) electrons. The van der Waals surface area contributed by atoms with Crippen molar-refractivity contribution in [3.8, 4) is 10.4 Å². The van der Waals surface area contributed by atoms with Gasteiger partial charge in [0.25, 0.3) is 11.8 Å². The molecule has 2 N–H and O–H groups in total. The van der Waals surface area contributed by atoms with E-state index < -0.39 is 68.7 Å². The highest BCUT2D eigenvalue weighted by Crippen LogP contribution is 2.42. The number of amides is 2. The fourth-order valence-electron chi connectivity index (χ4n) is 4.65. The third kappa shape index (κ3) is 7.10. The molecule has 9 nitrogen and oxygen atoms in total. The van der Waals surface area contributed by atoms with E-state index in [1.165, 1.54) is 4.90 Å². The number of aromatic nitrogens is 2. The fourth-order valence-corrected chi connectivity index (χ4v) is 7.13. The summed E-state index contributed by atoms with van der Waals surface area (Å²) >= 11 is 0.522. The van der Waals surface area contributed by atoms with Gasteiger partial charge in [-0.05, 0) is 45.6 Å².